The number of hydrogen-bond donors (Lipinski definition) is 1. The normalized spacial score (nSPS) is 14.9. The number of hydrazine groups is 1. The van der Waals surface area contributed by atoms with E-state index in [1.807, 2.05) is 6.92 Å². The first-order valence-corrected chi connectivity index (χ1v) is 11.3. The van der Waals surface area contributed by atoms with Crippen LogP contribution in [0.15, 0.2) is 79.1 Å². The van der Waals surface area contributed by atoms with Gasteiger partial charge in [0.25, 0.3) is 17.7 Å². The minimum Gasteiger partial charge on any atom is -0.494 e. The van der Waals surface area contributed by atoms with Gasteiger partial charge in [-0.2, -0.15) is 0 Å². The molecule has 36 heavy (non-hydrogen) atoms. The Morgan fingerprint density at radius 2 is 1.64 bits per heavy atom. The number of pyridine rings is 1. The molecule has 2 aromatic carbocycles. The second-order valence-electron chi connectivity index (χ2n) is 7.76. The lowest BCUT2D eigenvalue weighted by Crippen LogP contribution is -2.55. The van der Waals surface area contributed by atoms with Gasteiger partial charge < -0.3 is 9.47 Å². The summed E-state index contributed by atoms with van der Waals surface area (Å²) in [6.07, 6.45) is 2.53. The van der Waals surface area contributed by atoms with Crippen molar-refractivity contribution in [1.29, 1.82) is 0 Å². The molecule has 184 valence electrons. The van der Waals surface area contributed by atoms with E-state index in [2.05, 4.69) is 10.4 Å². The Labute approximate surface area is 207 Å². The molecule has 0 bridgehead atoms. The van der Waals surface area contributed by atoms with Crippen molar-refractivity contribution < 1.29 is 28.7 Å². The Morgan fingerprint density at radius 3 is 2.31 bits per heavy atom. The van der Waals surface area contributed by atoms with Gasteiger partial charge in [0.05, 0.1) is 18.7 Å². The van der Waals surface area contributed by atoms with Crippen LogP contribution in [0.2, 0.25) is 0 Å². The molecule has 1 aliphatic heterocycles. The third kappa shape index (κ3) is 5.49. The van der Waals surface area contributed by atoms with Gasteiger partial charge in [-0.25, -0.2) is 9.91 Å². The number of aromatic nitrogens is 1. The van der Waals surface area contributed by atoms with E-state index in [9.17, 15) is 19.2 Å². The fourth-order valence-corrected chi connectivity index (χ4v) is 3.68. The summed E-state index contributed by atoms with van der Waals surface area (Å²) in [4.78, 5) is 57.1. The van der Waals surface area contributed by atoms with Crippen LogP contribution < -0.4 is 19.8 Å². The van der Waals surface area contributed by atoms with Crippen molar-refractivity contribution in [3.63, 3.8) is 0 Å². The number of imide groups is 1. The summed E-state index contributed by atoms with van der Waals surface area (Å²) in [7, 11) is 0. The number of hydrogen-bond acceptors (Lipinski definition) is 7. The molecule has 10 nitrogen and oxygen atoms in total. The summed E-state index contributed by atoms with van der Waals surface area (Å²) in [5.74, 6) is -1.41. The molecule has 4 amide bonds. The highest BCUT2D eigenvalue weighted by atomic mass is 16.5. The van der Waals surface area contributed by atoms with E-state index in [4.69, 9.17) is 9.47 Å². The number of ether oxygens (including phenoxy) is 2. The predicted molar refractivity (Wildman–Crippen MR) is 129 cm³/mol. The zero-order valence-electron chi connectivity index (χ0n) is 19.5. The van der Waals surface area contributed by atoms with Crippen LogP contribution in [0.5, 0.6) is 11.5 Å². The molecule has 2 heterocycles. The molecule has 1 unspecified atom stereocenters. The average Bonchev–Trinajstić information content (AvgIpc) is 3.20. The lowest BCUT2D eigenvalue weighted by Gasteiger charge is -2.28. The van der Waals surface area contributed by atoms with Crippen molar-refractivity contribution in [2.75, 3.05) is 18.1 Å². The van der Waals surface area contributed by atoms with Gasteiger partial charge in [0.2, 0.25) is 5.91 Å². The maximum Gasteiger partial charge on any atom is 0.276 e. The van der Waals surface area contributed by atoms with Crippen LogP contribution in [0.4, 0.5) is 5.69 Å². The zero-order valence-corrected chi connectivity index (χ0v) is 19.5. The molecule has 0 saturated carbocycles. The van der Waals surface area contributed by atoms with Gasteiger partial charge in [0.15, 0.2) is 6.61 Å². The summed E-state index contributed by atoms with van der Waals surface area (Å²) in [6.45, 7) is 1.92. The van der Waals surface area contributed by atoms with E-state index in [-0.39, 0.29) is 12.0 Å². The Bertz CT molecular complexity index is 1230. The Morgan fingerprint density at radius 1 is 0.972 bits per heavy atom. The van der Waals surface area contributed by atoms with Crippen molar-refractivity contribution in [2.24, 2.45) is 0 Å². The fraction of sp³-hybridized carbons (Fsp3) is 0.192. The SMILES string of the molecule is CCOc1ccc(N2C(=O)CC(N(NC(=O)COc3ccccc3)C(=O)c3ccncc3)C2=O)cc1. The summed E-state index contributed by atoms with van der Waals surface area (Å²) in [6, 6.07) is 16.8. The third-order valence-electron chi connectivity index (χ3n) is 5.34. The Balaban J connectivity index is 1.55. The lowest BCUT2D eigenvalue weighted by molar-refractivity contribution is -0.130. The molecule has 3 aromatic rings. The van der Waals surface area contributed by atoms with E-state index >= 15 is 0 Å². The number of benzene rings is 2. The van der Waals surface area contributed by atoms with E-state index in [1.165, 1.54) is 24.5 Å². The maximum atomic E-state index is 13.4. The van der Waals surface area contributed by atoms with Gasteiger partial charge in [-0.05, 0) is 55.5 Å². The van der Waals surface area contributed by atoms with Gasteiger partial charge in [0, 0.05) is 18.0 Å². The summed E-state index contributed by atoms with van der Waals surface area (Å²) >= 11 is 0. The number of para-hydroxylation sites is 1. The Hall–Kier alpha value is -4.73. The molecule has 1 atom stereocenters. The number of nitrogens with zero attached hydrogens (tertiary/aromatic N) is 3. The van der Waals surface area contributed by atoms with Gasteiger partial charge in [-0.1, -0.05) is 18.2 Å². The number of carbonyl (C=O) groups is 4. The second-order valence-corrected chi connectivity index (χ2v) is 7.76. The average molecular weight is 489 g/mol. The van der Waals surface area contributed by atoms with Crippen molar-refractivity contribution in [1.82, 2.24) is 15.4 Å². The third-order valence-corrected chi connectivity index (χ3v) is 5.34. The van der Waals surface area contributed by atoms with Gasteiger partial charge in [0.1, 0.15) is 17.5 Å². The van der Waals surface area contributed by atoms with Crippen molar-refractivity contribution in [3.8, 4) is 11.5 Å². The lowest BCUT2D eigenvalue weighted by atomic mass is 10.2. The quantitative estimate of drug-likeness (QED) is 0.382. The number of amides is 4. The van der Waals surface area contributed by atoms with Crippen molar-refractivity contribution in [3.05, 3.63) is 84.7 Å². The van der Waals surface area contributed by atoms with Crippen molar-refractivity contribution >= 4 is 29.3 Å². The number of rotatable bonds is 8. The molecule has 0 aliphatic carbocycles. The van der Waals surface area contributed by atoms with E-state index in [1.54, 1.807) is 54.6 Å². The van der Waals surface area contributed by atoms with Crippen LogP contribution in [0.3, 0.4) is 0 Å². The molecule has 10 heteroatoms. The summed E-state index contributed by atoms with van der Waals surface area (Å²) in [5.41, 5.74) is 2.98. The van der Waals surface area contributed by atoms with Crippen LogP contribution in [0, 0.1) is 0 Å². The van der Waals surface area contributed by atoms with Gasteiger partial charge in [-0.3, -0.25) is 29.6 Å². The minimum absolute atomic E-state index is 0.189. The van der Waals surface area contributed by atoms with E-state index in [0.717, 1.165) is 9.91 Å². The first kappa shape index (κ1) is 24.4. The Kier molecular flexibility index (Phi) is 7.54. The van der Waals surface area contributed by atoms with Crippen LogP contribution in [-0.4, -0.2) is 52.9 Å². The highest BCUT2D eigenvalue weighted by molar-refractivity contribution is 6.23. The zero-order chi connectivity index (χ0) is 25.5. The number of anilines is 1. The molecule has 1 fully saturated rings. The second kappa shape index (κ2) is 11.1. The first-order chi connectivity index (χ1) is 17.5. The fourth-order valence-electron chi connectivity index (χ4n) is 3.68. The first-order valence-electron chi connectivity index (χ1n) is 11.3. The highest BCUT2D eigenvalue weighted by Gasteiger charge is 2.45. The minimum atomic E-state index is -1.24. The smallest absolute Gasteiger partial charge is 0.276 e. The predicted octanol–water partition coefficient (Wildman–Crippen LogP) is 2.36. The maximum absolute atomic E-state index is 13.4. The van der Waals surface area contributed by atoms with Crippen LogP contribution in [-0.2, 0) is 14.4 Å². The van der Waals surface area contributed by atoms with Gasteiger partial charge >= 0.3 is 0 Å². The molecular formula is C26H24N4O6. The van der Waals surface area contributed by atoms with Gasteiger partial charge in [-0.15, -0.1) is 0 Å². The molecule has 4 rings (SSSR count). The molecule has 1 N–H and O–H groups in total. The van der Waals surface area contributed by atoms with E-state index < -0.39 is 36.3 Å². The van der Waals surface area contributed by atoms with E-state index in [0.29, 0.717) is 23.8 Å². The standard InChI is InChI=1S/C26H24N4O6/c1-2-35-21-10-8-19(9-11-21)29-24(32)16-22(26(29)34)30(25(33)18-12-14-27-15-13-18)28-23(31)17-36-20-6-4-3-5-7-20/h3-15,22H,2,16-17H2,1H3,(H,28,31). The van der Waals surface area contributed by atoms with Crippen LogP contribution in [0.1, 0.15) is 23.7 Å². The molecule has 1 aromatic heterocycles. The monoisotopic (exact) mass is 488 g/mol. The number of carbonyl (C=O) groups excluding carboxylic acids is 4. The molecule has 0 spiro atoms. The molecule has 1 saturated heterocycles. The summed E-state index contributed by atoms with van der Waals surface area (Å²) in [5, 5.41) is 0.890. The topological polar surface area (TPSA) is 118 Å². The molecular weight excluding hydrogens is 464 g/mol. The summed E-state index contributed by atoms with van der Waals surface area (Å²) < 4.78 is 10.9. The van der Waals surface area contributed by atoms with Crippen LogP contribution >= 0.6 is 0 Å². The highest BCUT2D eigenvalue weighted by Crippen LogP contribution is 2.27. The van der Waals surface area contributed by atoms with Crippen LogP contribution in [0.25, 0.3) is 0 Å². The molecule has 1 aliphatic rings. The largest absolute Gasteiger partial charge is 0.494 e. The number of nitrogens with one attached hydrogen (secondary N) is 1. The van der Waals surface area contributed by atoms with Crippen molar-refractivity contribution in [2.45, 2.75) is 19.4 Å². The molecule has 0 radical (unpaired) electrons.